The third kappa shape index (κ3) is 9.36. The van der Waals surface area contributed by atoms with Gasteiger partial charge in [0.2, 0.25) is 12.4 Å². The maximum absolute atomic E-state index is 12.2. The van der Waals surface area contributed by atoms with Crippen LogP contribution < -0.4 is 13.9 Å². The molecule has 0 fully saturated rings. The van der Waals surface area contributed by atoms with Gasteiger partial charge < -0.3 is 27.9 Å². The summed E-state index contributed by atoms with van der Waals surface area (Å²) in [7, 11) is 14.7. The molecule has 0 atom stereocenters. The molecule has 0 radical (unpaired) electrons. The molecule has 0 aliphatic carbocycles. The summed E-state index contributed by atoms with van der Waals surface area (Å²) in [5.41, 5.74) is 1.77. The van der Waals surface area contributed by atoms with Gasteiger partial charge in [0, 0.05) is 12.1 Å². The zero-order valence-electron chi connectivity index (χ0n) is 28.0. The molecular weight excluding hydrogens is 745 g/mol. The van der Waals surface area contributed by atoms with E-state index in [1.165, 1.54) is 28.4 Å². The summed E-state index contributed by atoms with van der Waals surface area (Å²) >= 11 is 0. The molecular formula is C30H46N7O8Tb+8. The summed E-state index contributed by atoms with van der Waals surface area (Å²) in [5.74, 6) is 0.0207. The van der Waals surface area contributed by atoms with Crippen molar-refractivity contribution in [3.8, 4) is 11.6 Å². The second-order valence-corrected chi connectivity index (χ2v) is 11.6. The SMILES string of the molecule is COC(=O)C[N+](C)(CC(=O)OC)Cc1cc[n+](-c2cccc(-[n+]3ccc(C[N+](C)(CC(=O)OC)CC(=O)OC)n3C)[n+]2C)n1C.[Tb+3]. The van der Waals surface area contributed by atoms with Gasteiger partial charge in [-0.05, 0) is 15.4 Å². The van der Waals surface area contributed by atoms with Gasteiger partial charge in [0.15, 0.2) is 33.2 Å². The van der Waals surface area contributed by atoms with Crippen molar-refractivity contribution >= 4 is 23.9 Å². The van der Waals surface area contributed by atoms with Crippen LogP contribution >= 0.6 is 0 Å². The molecule has 15 nitrogen and oxygen atoms in total. The van der Waals surface area contributed by atoms with Crippen LogP contribution in [0, 0.1) is 38.6 Å². The normalized spacial score (nSPS) is 11.4. The van der Waals surface area contributed by atoms with Crippen LogP contribution in [0.4, 0.5) is 0 Å². The molecule has 0 saturated heterocycles. The fourth-order valence-corrected chi connectivity index (χ4v) is 5.42. The Morgan fingerprint density at radius 2 is 0.935 bits per heavy atom. The Morgan fingerprint density at radius 3 is 1.22 bits per heavy atom. The van der Waals surface area contributed by atoms with Gasteiger partial charge in [0.1, 0.15) is 24.5 Å². The quantitative estimate of drug-likeness (QED) is 0.0822. The van der Waals surface area contributed by atoms with E-state index in [0.29, 0.717) is 13.1 Å². The average molecular weight is 792 g/mol. The zero-order chi connectivity index (χ0) is 33.5. The minimum absolute atomic E-state index is 0. The molecule has 3 heterocycles. The fraction of sp³-hybridized carbons (Fsp3) is 0.500. The van der Waals surface area contributed by atoms with Crippen LogP contribution in [0.5, 0.6) is 0 Å². The number of pyridine rings is 1. The third-order valence-corrected chi connectivity index (χ3v) is 7.98. The number of hydrogen-bond donors (Lipinski definition) is 0. The first-order valence-corrected chi connectivity index (χ1v) is 14.3. The minimum Gasteiger partial charge on any atom is -0.465 e. The van der Waals surface area contributed by atoms with E-state index in [9.17, 15) is 19.2 Å². The molecule has 250 valence electrons. The molecule has 3 aromatic heterocycles. The Hall–Kier alpha value is -3.34. The molecule has 3 rings (SSSR count). The Balaban J connectivity index is 0.00000736. The number of carbonyl (C=O) groups excluding carboxylic acids is 4. The summed E-state index contributed by atoms with van der Waals surface area (Å²) in [6.07, 6.45) is 3.86. The molecule has 0 unspecified atom stereocenters. The van der Waals surface area contributed by atoms with E-state index in [-0.39, 0.29) is 73.8 Å². The number of carbonyl (C=O) groups is 4. The number of aromatic nitrogens is 5. The van der Waals surface area contributed by atoms with Gasteiger partial charge in [0.25, 0.3) is 0 Å². The van der Waals surface area contributed by atoms with E-state index in [1.54, 1.807) is 0 Å². The van der Waals surface area contributed by atoms with Crippen LogP contribution in [0.3, 0.4) is 0 Å². The zero-order valence-corrected chi connectivity index (χ0v) is 30.2. The predicted molar refractivity (Wildman–Crippen MR) is 156 cm³/mol. The minimum atomic E-state index is -0.420. The van der Waals surface area contributed by atoms with Crippen LogP contribution in [0.15, 0.2) is 42.7 Å². The first-order valence-electron chi connectivity index (χ1n) is 14.3. The van der Waals surface area contributed by atoms with Gasteiger partial charge >= 0.3 is 74.1 Å². The van der Waals surface area contributed by atoms with Crippen molar-refractivity contribution in [3.63, 3.8) is 0 Å². The van der Waals surface area contributed by atoms with E-state index in [2.05, 4.69) is 0 Å². The summed E-state index contributed by atoms with van der Waals surface area (Å²) in [4.78, 5) is 48.8. The van der Waals surface area contributed by atoms with Crippen molar-refractivity contribution in [2.24, 2.45) is 21.1 Å². The molecule has 0 aliphatic heterocycles. The number of nitrogens with zero attached hydrogens (tertiary/aromatic N) is 7. The number of quaternary nitrogens is 2. The van der Waals surface area contributed by atoms with Crippen LogP contribution in [-0.4, -0.2) is 111 Å². The Kier molecular flexibility index (Phi) is 13.9. The molecule has 0 spiro atoms. The number of likely N-dealkylation sites (N-methyl/N-ethyl adjacent to an activating group) is 2. The molecule has 0 saturated carbocycles. The standard InChI is InChI=1S/C30H46N7O8.Tb/c1-31-25(34-15-13-23(32(34)2)17-36(4,19-27(38)42-6)20-28(39)43-7)11-10-12-26(31)35-16-14-24(33(35)3)18-37(5,21-29(40)44-8)22-30(41)45-9;/h10-16H,17-22H2,1-9H3;/q+5;+3. The van der Waals surface area contributed by atoms with Gasteiger partial charge in [0.05, 0.1) is 68.8 Å². The molecule has 0 aromatic carbocycles. The summed E-state index contributed by atoms with van der Waals surface area (Å²) in [6.45, 7) is 0.766. The van der Waals surface area contributed by atoms with Crippen molar-refractivity contribution < 1.29 is 99.6 Å². The monoisotopic (exact) mass is 791 g/mol. The maximum Gasteiger partial charge on any atom is 3.00 e. The van der Waals surface area contributed by atoms with E-state index < -0.39 is 23.9 Å². The number of methoxy groups -OCH3 is 4. The molecule has 3 aromatic rings. The van der Waals surface area contributed by atoms with Crippen molar-refractivity contribution in [2.45, 2.75) is 13.1 Å². The van der Waals surface area contributed by atoms with Crippen molar-refractivity contribution in [3.05, 3.63) is 54.1 Å². The topological polar surface area (TPSA) is 127 Å². The molecule has 46 heavy (non-hydrogen) atoms. The third-order valence-electron chi connectivity index (χ3n) is 7.98. The van der Waals surface area contributed by atoms with Gasteiger partial charge in [-0.15, -0.1) is 9.36 Å². The average Bonchev–Trinajstić information content (AvgIpc) is 3.53. The van der Waals surface area contributed by atoms with Crippen LogP contribution in [0.2, 0.25) is 0 Å². The molecule has 0 N–H and O–H groups in total. The van der Waals surface area contributed by atoms with E-state index in [4.69, 9.17) is 18.9 Å². The van der Waals surface area contributed by atoms with Crippen LogP contribution in [-0.2, 0) is 72.4 Å². The van der Waals surface area contributed by atoms with Crippen molar-refractivity contribution in [1.82, 2.24) is 9.36 Å². The number of rotatable bonds is 14. The van der Waals surface area contributed by atoms with Gasteiger partial charge in [-0.1, -0.05) is 4.57 Å². The van der Waals surface area contributed by atoms with Gasteiger partial charge in [-0.25, -0.2) is 19.2 Å². The number of hydrogen-bond acceptors (Lipinski definition) is 8. The van der Waals surface area contributed by atoms with Crippen LogP contribution in [0.25, 0.3) is 11.6 Å². The Morgan fingerprint density at radius 1 is 0.630 bits per heavy atom. The first kappa shape index (κ1) is 38.8. The Bertz CT molecular complexity index is 1420. The second kappa shape index (κ2) is 16.5. The number of esters is 4. The first-order chi connectivity index (χ1) is 21.2. The van der Waals surface area contributed by atoms with E-state index in [1.807, 2.05) is 101 Å². The molecule has 16 heteroatoms. The summed E-state index contributed by atoms with van der Waals surface area (Å²) in [6, 6.07) is 9.82. The van der Waals surface area contributed by atoms with Gasteiger partial charge in [-0.2, -0.15) is 0 Å². The largest absolute Gasteiger partial charge is 3.00 e. The summed E-state index contributed by atoms with van der Waals surface area (Å²) in [5, 5.41) is 0. The summed E-state index contributed by atoms with van der Waals surface area (Å²) < 4.78 is 29.6. The number of ether oxygens (including phenoxy) is 4. The molecule has 0 bridgehead atoms. The molecule has 0 aliphatic rings. The van der Waals surface area contributed by atoms with E-state index in [0.717, 1.165) is 23.0 Å². The Labute approximate surface area is 300 Å². The maximum atomic E-state index is 12.2. The smallest absolute Gasteiger partial charge is 0.465 e. The van der Waals surface area contributed by atoms with Crippen molar-refractivity contribution in [1.29, 1.82) is 0 Å². The van der Waals surface area contributed by atoms with Crippen molar-refractivity contribution in [2.75, 3.05) is 68.7 Å². The fourth-order valence-electron chi connectivity index (χ4n) is 5.42. The predicted octanol–water partition coefficient (Wildman–Crippen LogP) is -1.67. The van der Waals surface area contributed by atoms with Gasteiger partial charge in [-0.3, -0.25) is 0 Å². The van der Waals surface area contributed by atoms with Crippen LogP contribution in [0.1, 0.15) is 11.4 Å². The second-order valence-electron chi connectivity index (χ2n) is 11.6. The van der Waals surface area contributed by atoms with E-state index >= 15 is 0 Å². The molecule has 0 amide bonds.